The standard InChI is InChI=1S/C24H27FN4O3/c1-16-7-6-8-20(23(16)25)28-24-19-15-18(12-11-17(19)13-14-26-24)27-21(30)9-4-2-3-5-10-22(31)29-32/h6-8,11-15,32H,2-5,9-10H2,1H3,(H,26,28)(H,27,30)(H,29,31). The van der Waals surface area contributed by atoms with Gasteiger partial charge in [0.05, 0.1) is 5.69 Å². The number of hydroxylamine groups is 1. The van der Waals surface area contributed by atoms with Crippen molar-refractivity contribution in [3.8, 4) is 0 Å². The predicted octanol–water partition coefficient (Wildman–Crippen LogP) is 5.21. The van der Waals surface area contributed by atoms with Gasteiger partial charge in [-0.05, 0) is 55.0 Å². The van der Waals surface area contributed by atoms with Crippen molar-refractivity contribution in [1.82, 2.24) is 10.5 Å². The number of hydrogen-bond acceptors (Lipinski definition) is 5. The number of rotatable bonds is 10. The molecule has 0 radical (unpaired) electrons. The fraction of sp³-hybridized carbons (Fsp3) is 0.292. The van der Waals surface area contributed by atoms with Crippen LogP contribution in [0.1, 0.15) is 44.1 Å². The van der Waals surface area contributed by atoms with Crippen molar-refractivity contribution in [3.63, 3.8) is 0 Å². The molecule has 2 aromatic carbocycles. The summed E-state index contributed by atoms with van der Waals surface area (Å²) in [5, 5.41) is 16.1. The molecular weight excluding hydrogens is 411 g/mol. The molecule has 0 spiro atoms. The summed E-state index contributed by atoms with van der Waals surface area (Å²) in [5.41, 5.74) is 3.13. The summed E-state index contributed by atoms with van der Waals surface area (Å²) in [6.45, 7) is 1.70. The predicted molar refractivity (Wildman–Crippen MR) is 122 cm³/mol. The van der Waals surface area contributed by atoms with E-state index >= 15 is 0 Å². The van der Waals surface area contributed by atoms with Gasteiger partial charge < -0.3 is 10.6 Å². The lowest BCUT2D eigenvalue weighted by Gasteiger charge is -2.12. The van der Waals surface area contributed by atoms with Crippen LogP contribution in [0.5, 0.6) is 0 Å². The first-order valence-corrected chi connectivity index (χ1v) is 10.6. The maximum absolute atomic E-state index is 14.4. The smallest absolute Gasteiger partial charge is 0.243 e. The number of amides is 2. The average molecular weight is 439 g/mol. The number of fused-ring (bicyclic) bond motifs is 1. The Morgan fingerprint density at radius 1 is 1.00 bits per heavy atom. The van der Waals surface area contributed by atoms with Crippen molar-refractivity contribution in [2.75, 3.05) is 10.6 Å². The van der Waals surface area contributed by atoms with Gasteiger partial charge in [0.2, 0.25) is 11.8 Å². The van der Waals surface area contributed by atoms with E-state index in [4.69, 9.17) is 5.21 Å². The van der Waals surface area contributed by atoms with Crippen LogP contribution < -0.4 is 16.1 Å². The summed E-state index contributed by atoms with van der Waals surface area (Å²) >= 11 is 0. The Bertz CT molecular complexity index is 1100. The highest BCUT2D eigenvalue weighted by Crippen LogP contribution is 2.28. The van der Waals surface area contributed by atoms with Gasteiger partial charge in [-0.2, -0.15) is 0 Å². The molecule has 0 atom stereocenters. The zero-order valence-corrected chi connectivity index (χ0v) is 18.0. The minimum Gasteiger partial charge on any atom is -0.337 e. The van der Waals surface area contributed by atoms with Crippen LogP contribution in [0.15, 0.2) is 48.7 Å². The van der Waals surface area contributed by atoms with E-state index in [1.54, 1.807) is 36.8 Å². The Hall–Kier alpha value is -3.52. The topological polar surface area (TPSA) is 103 Å². The molecule has 1 heterocycles. The summed E-state index contributed by atoms with van der Waals surface area (Å²) in [6.07, 6.45) is 5.31. The quantitative estimate of drug-likeness (QED) is 0.198. The van der Waals surface area contributed by atoms with Crippen LogP contribution in [0.25, 0.3) is 10.8 Å². The maximum atomic E-state index is 14.4. The van der Waals surface area contributed by atoms with Crippen LogP contribution in [-0.4, -0.2) is 22.0 Å². The van der Waals surface area contributed by atoms with Crippen LogP contribution in [0.2, 0.25) is 0 Å². The molecule has 3 aromatic rings. The number of carbonyl (C=O) groups is 2. The summed E-state index contributed by atoms with van der Waals surface area (Å²) < 4.78 is 14.4. The van der Waals surface area contributed by atoms with E-state index in [0.29, 0.717) is 42.0 Å². The minimum absolute atomic E-state index is 0.0967. The summed E-state index contributed by atoms with van der Waals surface area (Å²) in [4.78, 5) is 27.6. The highest BCUT2D eigenvalue weighted by molar-refractivity contribution is 5.98. The first kappa shape index (κ1) is 23.1. The van der Waals surface area contributed by atoms with E-state index in [2.05, 4.69) is 15.6 Å². The fourth-order valence-corrected chi connectivity index (χ4v) is 3.42. The van der Waals surface area contributed by atoms with Crippen molar-refractivity contribution in [3.05, 3.63) is 60.0 Å². The van der Waals surface area contributed by atoms with Crippen LogP contribution in [-0.2, 0) is 9.59 Å². The zero-order valence-electron chi connectivity index (χ0n) is 18.0. The lowest BCUT2D eigenvalue weighted by molar-refractivity contribution is -0.129. The van der Waals surface area contributed by atoms with E-state index < -0.39 is 5.91 Å². The van der Waals surface area contributed by atoms with Gasteiger partial charge in [-0.25, -0.2) is 14.9 Å². The molecule has 168 valence electrons. The highest BCUT2D eigenvalue weighted by Gasteiger charge is 2.10. The van der Waals surface area contributed by atoms with Gasteiger partial charge in [0.15, 0.2) is 0 Å². The number of benzene rings is 2. The number of halogens is 1. The largest absolute Gasteiger partial charge is 0.337 e. The molecule has 8 heteroatoms. The molecule has 32 heavy (non-hydrogen) atoms. The third kappa shape index (κ3) is 6.24. The van der Waals surface area contributed by atoms with Gasteiger partial charge in [-0.3, -0.25) is 14.8 Å². The lowest BCUT2D eigenvalue weighted by atomic mass is 10.1. The number of anilines is 3. The first-order valence-electron chi connectivity index (χ1n) is 10.6. The van der Waals surface area contributed by atoms with Gasteiger partial charge in [0, 0.05) is 30.1 Å². The minimum atomic E-state index is -0.396. The number of hydrogen-bond donors (Lipinski definition) is 4. The van der Waals surface area contributed by atoms with Crippen molar-refractivity contribution < 1.29 is 19.2 Å². The molecule has 4 N–H and O–H groups in total. The molecule has 0 aliphatic carbocycles. The Morgan fingerprint density at radius 3 is 2.50 bits per heavy atom. The third-order valence-electron chi connectivity index (χ3n) is 5.18. The number of nitrogens with one attached hydrogen (secondary N) is 3. The van der Waals surface area contributed by atoms with Gasteiger partial charge >= 0.3 is 0 Å². The number of aryl methyl sites for hydroxylation is 1. The number of unbranched alkanes of at least 4 members (excludes halogenated alkanes) is 3. The molecule has 2 amide bonds. The Labute approximate surface area is 186 Å². The van der Waals surface area contributed by atoms with Crippen molar-refractivity contribution >= 4 is 39.8 Å². The summed E-state index contributed by atoms with van der Waals surface area (Å²) in [7, 11) is 0. The van der Waals surface area contributed by atoms with Crippen molar-refractivity contribution in [1.29, 1.82) is 0 Å². The van der Waals surface area contributed by atoms with Crippen molar-refractivity contribution in [2.45, 2.75) is 45.4 Å². The van der Waals surface area contributed by atoms with E-state index in [0.717, 1.165) is 23.6 Å². The second-order valence-electron chi connectivity index (χ2n) is 7.65. The lowest BCUT2D eigenvalue weighted by Crippen LogP contribution is -2.17. The fourth-order valence-electron chi connectivity index (χ4n) is 3.42. The van der Waals surface area contributed by atoms with Crippen LogP contribution in [0, 0.1) is 12.7 Å². The van der Waals surface area contributed by atoms with Gasteiger partial charge in [-0.15, -0.1) is 0 Å². The molecule has 0 saturated carbocycles. The molecule has 0 fully saturated rings. The Morgan fingerprint density at radius 2 is 1.75 bits per heavy atom. The van der Waals surface area contributed by atoms with Crippen LogP contribution in [0.3, 0.4) is 0 Å². The third-order valence-corrected chi connectivity index (χ3v) is 5.18. The van der Waals surface area contributed by atoms with Gasteiger partial charge in [0.25, 0.3) is 0 Å². The Balaban J connectivity index is 1.61. The van der Waals surface area contributed by atoms with E-state index in [9.17, 15) is 14.0 Å². The molecule has 0 bridgehead atoms. The maximum Gasteiger partial charge on any atom is 0.243 e. The molecule has 3 rings (SSSR count). The molecule has 7 nitrogen and oxygen atoms in total. The Kier molecular flexibility index (Phi) is 8.10. The summed E-state index contributed by atoms with van der Waals surface area (Å²) in [5.74, 6) is -0.309. The first-order chi connectivity index (χ1) is 15.5. The zero-order chi connectivity index (χ0) is 22.9. The second-order valence-corrected chi connectivity index (χ2v) is 7.65. The molecular formula is C24H27FN4O3. The van der Waals surface area contributed by atoms with Gasteiger partial charge in [-0.1, -0.05) is 31.0 Å². The molecule has 0 aliphatic rings. The second kappa shape index (κ2) is 11.2. The monoisotopic (exact) mass is 438 g/mol. The van der Waals surface area contributed by atoms with Crippen LogP contribution in [0.4, 0.5) is 21.6 Å². The van der Waals surface area contributed by atoms with Crippen molar-refractivity contribution in [2.24, 2.45) is 0 Å². The SMILES string of the molecule is Cc1cccc(Nc2nccc3ccc(NC(=O)CCCCCCC(=O)NO)cc23)c1F. The normalized spacial score (nSPS) is 10.7. The number of aromatic nitrogens is 1. The summed E-state index contributed by atoms with van der Waals surface area (Å²) in [6, 6.07) is 12.5. The number of pyridine rings is 1. The molecule has 1 aromatic heterocycles. The van der Waals surface area contributed by atoms with E-state index in [1.807, 2.05) is 24.3 Å². The van der Waals surface area contributed by atoms with E-state index in [1.165, 1.54) is 0 Å². The number of nitrogens with zero attached hydrogens (tertiary/aromatic N) is 1. The van der Waals surface area contributed by atoms with Crippen LogP contribution >= 0.6 is 0 Å². The number of carbonyl (C=O) groups excluding carboxylic acids is 2. The molecule has 0 unspecified atom stereocenters. The molecule has 0 saturated heterocycles. The van der Waals surface area contributed by atoms with Gasteiger partial charge in [0.1, 0.15) is 11.6 Å². The highest BCUT2D eigenvalue weighted by atomic mass is 19.1. The average Bonchev–Trinajstić information content (AvgIpc) is 2.79. The van der Waals surface area contributed by atoms with E-state index in [-0.39, 0.29) is 18.1 Å². The molecule has 0 aliphatic heterocycles.